The summed E-state index contributed by atoms with van der Waals surface area (Å²) in [5.41, 5.74) is 6.46. The van der Waals surface area contributed by atoms with E-state index >= 15 is 0 Å². The highest BCUT2D eigenvalue weighted by atomic mass is 16.5. The van der Waals surface area contributed by atoms with Crippen LogP contribution < -0.4 is 10.6 Å². The van der Waals surface area contributed by atoms with Crippen molar-refractivity contribution in [2.45, 2.75) is 19.9 Å². The Hall–Kier alpha value is -1.82. The van der Waals surface area contributed by atoms with Gasteiger partial charge in [0, 0.05) is 19.1 Å². The van der Waals surface area contributed by atoms with Crippen LogP contribution >= 0.6 is 0 Å². The van der Waals surface area contributed by atoms with Gasteiger partial charge in [-0.15, -0.1) is 0 Å². The summed E-state index contributed by atoms with van der Waals surface area (Å²) in [5, 5.41) is 0. The number of aromatic nitrogens is 1. The van der Waals surface area contributed by atoms with Gasteiger partial charge in [-0.2, -0.15) is 0 Å². The molecule has 1 rings (SSSR count). The van der Waals surface area contributed by atoms with Crippen LogP contribution in [0.1, 0.15) is 24.2 Å². The van der Waals surface area contributed by atoms with E-state index in [1.165, 1.54) is 13.3 Å². The van der Waals surface area contributed by atoms with Crippen LogP contribution in [-0.4, -0.2) is 56.2 Å². The maximum absolute atomic E-state index is 11.7. The van der Waals surface area contributed by atoms with Crippen LogP contribution in [0.25, 0.3) is 0 Å². The molecule has 6 nitrogen and oxygen atoms in total. The van der Waals surface area contributed by atoms with Crippen LogP contribution in [0.4, 0.5) is 11.5 Å². The van der Waals surface area contributed by atoms with Crippen molar-refractivity contribution >= 4 is 17.5 Å². The number of carbonyl (C=O) groups is 1. The molecule has 0 aromatic carbocycles. The van der Waals surface area contributed by atoms with Gasteiger partial charge < -0.3 is 20.3 Å². The Morgan fingerprint density at radius 2 is 2.15 bits per heavy atom. The summed E-state index contributed by atoms with van der Waals surface area (Å²) in [6.07, 6.45) is 1.51. The van der Waals surface area contributed by atoms with Crippen molar-refractivity contribution in [1.82, 2.24) is 9.88 Å². The van der Waals surface area contributed by atoms with Crippen molar-refractivity contribution in [3.05, 3.63) is 17.8 Å². The third kappa shape index (κ3) is 3.84. The Bertz CT molecular complexity index is 462. The minimum atomic E-state index is -0.442. The summed E-state index contributed by atoms with van der Waals surface area (Å²) in [6, 6.07) is 1.97. The minimum absolute atomic E-state index is 0.275. The second kappa shape index (κ2) is 7.09. The normalized spacial score (nSPS) is 12.3. The van der Waals surface area contributed by atoms with E-state index in [0.717, 1.165) is 18.9 Å². The number of nitrogens with zero attached hydrogens (tertiary/aromatic N) is 3. The zero-order valence-corrected chi connectivity index (χ0v) is 12.9. The summed E-state index contributed by atoms with van der Waals surface area (Å²) in [5.74, 6) is 0.291. The molecular weight excluding hydrogens is 256 g/mol. The molecule has 1 heterocycles. The topological polar surface area (TPSA) is 71.7 Å². The van der Waals surface area contributed by atoms with E-state index in [1.54, 1.807) is 6.07 Å². The zero-order chi connectivity index (χ0) is 15.3. The van der Waals surface area contributed by atoms with Crippen LogP contribution in [-0.2, 0) is 4.74 Å². The molecule has 1 atom stereocenters. The second-order valence-electron chi connectivity index (χ2n) is 5.02. The van der Waals surface area contributed by atoms with Gasteiger partial charge in [0.1, 0.15) is 5.82 Å². The van der Waals surface area contributed by atoms with Gasteiger partial charge in [-0.3, -0.25) is 0 Å². The van der Waals surface area contributed by atoms with Gasteiger partial charge in [-0.25, -0.2) is 9.78 Å². The number of esters is 1. The molecule has 0 bridgehead atoms. The quantitative estimate of drug-likeness (QED) is 0.790. The first-order chi connectivity index (χ1) is 9.40. The number of pyridine rings is 1. The molecule has 0 aliphatic heterocycles. The average Bonchev–Trinajstić information content (AvgIpc) is 2.39. The fourth-order valence-electron chi connectivity index (χ4n) is 2.23. The summed E-state index contributed by atoms with van der Waals surface area (Å²) >= 11 is 0. The fourth-order valence-corrected chi connectivity index (χ4v) is 2.23. The Balaban J connectivity index is 3.07. The van der Waals surface area contributed by atoms with Crippen molar-refractivity contribution in [2.75, 3.05) is 44.9 Å². The lowest BCUT2D eigenvalue weighted by Crippen LogP contribution is -2.40. The molecule has 112 valence electrons. The molecule has 1 aromatic heterocycles. The molecule has 1 aromatic rings. The fraction of sp³-hybridized carbons (Fsp3) is 0.571. The Morgan fingerprint density at radius 3 is 2.65 bits per heavy atom. The Morgan fingerprint density at radius 1 is 1.50 bits per heavy atom. The molecule has 1 unspecified atom stereocenters. The van der Waals surface area contributed by atoms with E-state index < -0.39 is 5.97 Å². The van der Waals surface area contributed by atoms with Crippen LogP contribution in [0.15, 0.2) is 12.3 Å². The van der Waals surface area contributed by atoms with E-state index in [-0.39, 0.29) is 6.04 Å². The maximum Gasteiger partial charge on any atom is 0.340 e. The van der Waals surface area contributed by atoms with Crippen molar-refractivity contribution in [1.29, 1.82) is 0 Å². The molecule has 0 saturated carbocycles. The van der Waals surface area contributed by atoms with Crippen LogP contribution in [0.2, 0.25) is 0 Å². The van der Waals surface area contributed by atoms with Crippen molar-refractivity contribution in [3.8, 4) is 0 Å². The molecule has 0 radical (unpaired) electrons. The predicted molar refractivity (Wildman–Crippen MR) is 81.0 cm³/mol. The van der Waals surface area contributed by atoms with E-state index in [4.69, 9.17) is 10.5 Å². The Labute approximate surface area is 120 Å². The highest BCUT2D eigenvalue weighted by Crippen LogP contribution is 2.20. The van der Waals surface area contributed by atoms with Gasteiger partial charge in [0.15, 0.2) is 0 Å². The number of methoxy groups -OCH3 is 1. The standard InChI is InChI=1S/C14H24N4O2/c1-6-18(10(2)9-17(3)4)13-7-11(14(19)20-5)12(15)8-16-13/h7-8,10H,6,9,15H2,1-5H3. The number of likely N-dealkylation sites (N-methyl/N-ethyl adjacent to an activating group) is 2. The number of carbonyl (C=O) groups excluding carboxylic acids is 1. The first-order valence-electron chi connectivity index (χ1n) is 6.65. The summed E-state index contributed by atoms with van der Waals surface area (Å²) in [6.45, 7) is 5.88. The summed E-state index contributed by atoms with van der Waals surface area (Å²) < 4.78 is 4.74. The van der Waals surface area contributed by atoms with Crippen molar-refractivity contribution in [2.24, 2.45) is 0 Å². The summed E-state index contributed by atoms with van der Waals surface area (Å²) in [4.78, 5) is 20.3. The van der Waals surface area contributed by atoms with Gasteiger partial charge in [0.05, 0.1) is 24.6 Å². The third-order valence-electron chi connectivity index (χ3n) is 3.12. The largest absolute Gasteiger partial charge is 0.465 e. The number of hydrogen-bond donors (Lipinski definition) is 1. The van der Waals surface area contributed by atoms with E-state index in [2.05, 4.69) is 28.6 Å². The lowest BCUT2D eigenvalue weighted by Gasteiger charge is -2.31. The highest BCUT2D eigenvalue weighted by Gasteiger charge is 2.18. The highest BCUT2D eigenvalue weighted by molar-refractivity contribution is 5.95. The van der Waals surface area contributed by atoms with Gasteiger partial charge in [0.2, 0.25) is 0 Å². The molecule has 0 amide bonds. The zero-order valence-electron chi connectivity index (χ0n) is 12.9. The number of rotatable bonds is 6. The first-order valence-corrected chi connectivity index (χ1v) is 6.65. The first kappa shape index (κ1) is 16.2. The number of hydrogen-bond acceptors (Lipinski definition) is 6. The molecule has 0 fully saturated rings. The second-order valence-corrected chi connectivity index (χ2v) is 5.02. The van der Waals surface area contributed by atoms with Crippen molar-refractivity contribution in [3.63, 3.8) is 0 Å². The van der Waals surface area contributed by atoms with Crippen LogP contribution in [0.5, 0.6) is 0 Å². The molecule has 0 spiro atoms. The molecule has 0 aliphatic carbocycles. The molecular formula is C14H24N4O2. The smallest absolute Gasteiger partial charge is 0.340 e. The van der Waals surface area contributed by atoms with Crippen LogP contribution in [0.3, 0.4) is 0 Å². The van der Waals surface area contributed by atoms with Gasteiger partial charge >= 0.3 is 5.97 Å². The minimum Gasteiger partial charge on any atom is -0.465 e. The molecule has 6 heteroatoms. The number of ether oxygens (including phenoxy) is 1. The average molecular weight is 280 g/mol. The van der Waals surface area contributed by atoms with Crippen LogP contribution in [0, 0.1) is 0 Å². The molecule has 2 N–H and O–H groups in total. The molecule has 20 heavy (non-hydrogen) atoms. The lowest BCUT2D eigenvalue weighted by atomic mass is 10.2. The van der Waals surface area contributed by atoms with E-state index in [9.17, 15) is 4.79 Å². The lowest BCUT2D eigenvalue weighted by molar-refractivity contribution is 0.0602. The van der Waals surface area contributed by atoms with Crippen molar-refractivity contribution < 1.29 is 9.53 Å². The van der Waals surface area contributed by atoms with Gasteiger partial charge in [0.25, 0.3) is 0 Å². The maximum atomic E-state index is 11.7. The number of nitrogen functional groups attached to an aromatic ring is 1. The molecule has 0 saturated heterocycles. The molecule has 0 aliphatic rings. The van der Waals surface area contributed by atoms with Gasteiger partial charge in [-0.05, 0) is 34.0 Å². The van der Waals surface area contributed by atoms with E-state index in [1.807, 2.05) is 14.1 Å². The monoisotopic (exact) mass is 280 g/mol. The van der Waals surface area contributed by atoms with E-state index in [0.29, 0.717) is 11.3 Å². The third-order valence-corrected chi connectivity index (χ3v) is 3.12. The summed E-state index contributed by atoms with van der Waals surface area (Å²) in [7, 11) is 5.40. The number of anilines is 2. The number of nitrogens with two attached hydrogens (primary N) is 1. The Kier molecular flexibility index (Phi) is 5.76. The SMILES string of the molecule is CCN(c1cc(C(=O)OC)c(N)cn1)C(C)CN(C)C. The van der Waals surface area contributed by atoms with Gasteiger partial charge in [-0.1, -0.05) is 0 Å². The predicted octanol–water partition coefficient (Wildman–Crippen LogP) is 1.23.